The second-order valence-corrected chi connectivity index (χ2v) is 3.23. The highest BCUT2D eigenvalue weighted by Gasteiger charge is 2.28. The lowest BCUT2D eigenvalue weighted by Gasteiger charge is -2.09. The summed E-state index contributed by atoms with van der Waals surface area (Å²) >= 11 is 0. The van der Waals surface area contributed by atoms with Crippen LogP contribution in [-0.2, 0) is 9.59 Å². The van der Waals surface area contributed by atoms with Gasteiger partial charge in [0.05, 0.1) is 12.6 Å². The summed E-state index contributed by atoms with van der Waals surface area (Å²) < 4.78 is 0. The molecule has 0 saturated carbocycles. The minimum absolute atomic E-state index is 0.0263. The fraction of sp³-hybridized carbons (Fsp3) is 0.750. The Balaban J connectivity index is 2.50. The SMILES string of the molecule is CC(C)C(=O)[C@@H]1CC(=O)CN1. The van der Waals surface area contributed by atoms with E-state index in [1.165, 1.54) is 0 Å². The van der Waals surface area contributed by atoms with Crippen LogP contribution in [0.25, 0.3) is 0 Å². The van der Waals surface area contributed by atoms with Crippen molar-refractivity contribution in [1.82, 2.24) is 5.32 Å². The average molecular weight is 155 g/mol. The number of rotatable bonds is 2. The molecule has 0 aromatic rings. The van der Waals surface area contributed by atoms with Gasteiger partial charge >= 0.3 is 0 Å². The first-order valence-electron chi connectivity index (χ1n) is 3.90. The normalized spacial score (nSPS) is 24.6. The zero-order valence-electron chi connectivity index (χ0n) is 6.89. The maximum absolute atomic E-state index is 11.3. The summed E-state index contributed by atoms with van der Waals surface area (Å²) in [5.74, 6) is 0.318. The lowest BCUT2D eigenvalue weighted by atomic mass is 10.0. The Hall–Kier alpha value is -0.700. The molecule has 11 heavy (non-hydrogen) atoms. The first kappa shape index (κ1) is 8.40. The predicted molar refractivity (Wildman–Crippen MR) is 41.3 cm³/mol. The zero-order valence-corrected chi connectivity index (χ0v) is 6.89. The highest BCUT2D eigenvalue weighted by Crippen LogP contribution is 2.08. The van der Waals surface area contributed by atoms with Crippen LogP contribution >= 0.6 is 0 Å². The Morgan fingerprint density at radius 1 is 1.64 bits per heavy atom. The first-order chi connectivity index (χ1) is 5.11. The van der Waals surface area contributed by atoms with Crippen molar-refractivity contribution >= 4 is 11.6 Å². The maximum Gasteiger partial charge on any atom is 0.152 e. The molecule has 1 heterocycles. The molecule has 1 aliphatic rings. The quantitative estimate of drug-likeness (QED) is 0.617. The molecule has 0 bridgehead atoms. The van der Waals surface area contributed by atoms with Crippen molar-refractivity contribution < 1.29 is 9.59 Å². The summed E-state index contributed by atoms with van der Waals surface area (Å²) in [5.41, 5.74) is 0. The van der Waals surface area contributed by atoms with Crippen LogP contribution in [0.4, 0.5) is 0 Å². The molecule has 1 atom stereocenters. The molecule has 0 aromatic heterocycles. The number of ketones is 2. The summed E-state index contributed by atoms with van der Waals surface area (Å²) in [5, 5.41) is 2.89. The van der Waals surface area contributed by atoms with Gasteiger partial charge in [0.25, 0.3) is 0 Å². The highest BCUT2D eigenvalue weighted by atomic mass is 16.1. The molecule has 0 amide bonds. The van der Waals surface area contributed by atoms with Crippen LogP contribution in [0.3, 0.4) is 0 Å². The van der Waals surface area contributed by atoms with E-state index in [9.17, 15) is 9.59 Å². The predicted octanol–water partition coefficient (Wildman–Crippen LogP) is 0.142. The standard InChI is InChI=1S/C8H13NO2/c1-5(2)8(11)7-3-6(10)4-9-7/h5,7,9H,3-4H2,1-2H3/t7-/m0/s1. The van der Waals surface area contributed by atoms with E-state index < -0.39 is 0 Å². The van der Waals surface area contributed by atoms with Gasteiger partial charge in [0.15, 0.2) is 5.78 Å². The monoisotopic (exact) mass is 155 g/mol. The van der Waals surface area contributed by atoms with E-state index in [1.54, 1.807) is 0 Å². The van der Waals surface area contributed by atoms with Gasteiger partial charge in [0.1, 0.15) is 5.78 Å². The third-order valence-electron chi connectivity index (χ3n) is 1.89. The Morgan fingerprint density at radius 3 is 2.64 bits per heavy atom. The zero-order chi connectivity index (χ0) is 8.43. The molecule has 0 aliphatic carbocycles. The molecule has 1 N–H and O–H groups in total. The van der Waals surface area contributed by atoms with Crippen LogP contribution in [0.5, 0.6) is 0 Å². The van der Waals surface area contributed by atoms with Gasteiger partial charge in [-0.1, -0.05) is 13.8 Å². The van der Waals surface area contributed by atoms with E-state index in [0.29, 0.717) is 13.0 Å². The van der Waals surface area contributed by atoms with Crippen LogP contribution in [0, 0.1) is 5.92 Å². The third kappa shape index (κ3) is 1.87. The van der Waals surface area contributed by atoms with Crippen LogP contribution in [-0.4, -0.2) is 24.2 Å². The fourth-order valence-electron chi connectivity index (χ4n) is 1.21. The highest BCUT2D eigenvalue weighted by molar-refractivity contribution is 5.95. The molecule has 1 rings (SSSR count). The minimum Gasteiger partial charge on any atom is -0.300 e. The summed E-state index contributed by atoms with van der Waals surface area (Å²) in [6, 6.07) is -0.206. The summed E-state index contributed by atoms with van der Waals surface area (Å²) in [7, 11) is 0. The molecular formula is C8H13NO2. The number of hydrogen-bond acceptors (Lipinski definition) is 3. The van der Waals surface area contributed by atoms with Gasteiger partial charge in [-0.05, 0) is 0 Å². The van der Waals surface area contributed by atoms with E-state index >= 15 is 0 Å². The van der Waals surface area contributed by atoms with E-state index in [-0.39, 0.29) is 23.5 Å². The Bertz CT molecular complexity index is 187. The summed E-state index contributed by atoms with van der Waals surface area (Å²) in [6.45, 7) is 4.07. The summed E-state index contributed by atoms with van der Waals surface area (Å²) in [6.07, 6.45) is 0.386. The van der Waals surface area contributed by atoms with Crippen molar-refractivity contribution in [1.29, 1.82) is 0 Å². The van der Waals surface area contributed by atoms with Crippen LogP contribution < -0.4 is 5.32 Å². The van der Waals surface area contributed by atoms with E-state index in [1.807, 2.05) is 13.8 Å². The molecule has 0 aromatic carbocycles. The largest absolute Gasteiger partial charge is 0.300 e. The number of nitrogens with one attached hydrogen (secondary N) is 1. The number of carbonyl (C=O) groups is 2. The summed E-state index contributed by atoms with van der Waals surface area (Å²) in [4.78, 5) is 22.0. The van der Waals surface area contributed by atoms with Gasteiger partial charge in [0.2, 0.25) is 0 Å². The lowest BCUT2D eigenvalue weighted by Crippen LogP contribution is -2.33. The molecule has 1 saturated heterocycles. The topological polar surface area (TPSA) is 46.2 Å². The molecule has 3 nitrogen and oxygen atoms in total. The van der Waals surface area contributed by atoms with Crippen LogP contribution in [0.2, 0.25) is 0 Å². The van der Waals surface area contributed by atoms with Crippen molar-refractivity contribution in [2.24, 2.45) is 5.92 Å². The molecule has 62 valence electrons. The molecule has 3 heteroatoms. The van der Waals surface area contributed by atoms with Gasteiger partial charge in [-0.15, -0.1) is 0 Å². The molecular weight excluding hydrogens is 142 g/mol. The van der Waals surface area contributed by atoms with Gasteiger partial charge in [-0.2, -0.15) is 0 Å². The van der Waals surface area contributed by atoms with E-state index in [4.69, 9.17) is 0 Å². The Morgan fingerprint density at radius 2 is 2.27 bits per heavy atom. The van der Waals surface area contributed by atoms with E-state index in [0.717, 1.165) is 0 Å². The smallest absolute Gasteiger partial charge is 0.152 e. The second-order valence-electron chi connectivity index (χ2n) is 3.23. The first-order valence-corrected chi connectivity index (χ1v) is 3.90. The van der Waals surface area contributed by atoms with Crippen LogP contribution in [0.15, 0.2) is 0 Å². The Kier molecular flexibility index (Phi) is 2.39. The molecule has 1 aliphatic heterocycles. The van der Waals surface area contributed by atoms with Crippen molar-refractivity contribution in [3.63, 3.8) is 0 Å². The van der Waals surface area contributed by atoms with Crippen molar-refractivity contribution in [2.75, 3.05) is 6.54 Å². The van der Waals surface area contributed by atoms with Crippen LogP contribution in [0.1, 0.15) is 20.3 Å². The lowest BCUT2D eigenvalue weighted by molar-refractivity contribution is -0.124. The number of carbonyl (C=O) groups excluding carboxylic acids is 2. The molecule has 0 unspecified atom stereocenters. The number of hydrogen-bond donors (Lipinski definition) is 1. The Labute approximate surface area is 66.2 Å². The fourth-order valence-corrected chi connectivity index (χ4v) is 1.21. The average Bonchev–Trinajstić information content (AvgIpc) is 2.34. The van der Waals surface area contributed by atoms with Gasteiger partial charge in [0, 0.05) is 12.3 Å². The molecule has 0 radical (unpaired) electrons. The molecule has 1 fully saturated rings. The maximum atomic E-state index is 11.3. The van der Waals surface area contributed by atoms with Gasteiger partial charge < -0.3 is 5.32 Å². The van der Waals surface area contributed by atoms with Crippen molar-refractivity contribution in [3.05, 3.63) is 0 Å². The van der Waals surface area contributed by atoms with Gasteiger partial charge in [-0.25, -0.2) is 0 Å². The third-order valence-corrected chi connectivity index (χ3v) is 1.89. The number of Topliss-reactive ketones (excluding diaryl/α,β-unsaturated/α-hetero) is 2. The second kappa shape index (κ2) is 3.13. The van der Waals surface area contributed by atoms with Crippen molar-refractivity contribution in [2.45, 2.75) is 26.3 Å². The van der Waals surface area contributed by atoms with E-state index in [2.05, 4.69) is 5.32 Å². The van der Waals surface area contributed by atoms with Crippen molar-refractivity contribution in [3.8, 4) is 0 Å². The molecule has 0 spiro atoms. The minimum atomic E-state index is -0.206. The van der Waals surface area contributed by atoms with Gasteiger partial charge in [-0.3, -0.25) is 9.59 Å².